The molecule has 6 heteroatoms. The van der Waals surface area contributed by atoms with Crippen LogP contribution in [0.25, 0.3) is 0 Å². The number of halogens is 3. The Morgan fingerprint density at radius 2 is 1.56 bits per heavy atom. The first-order valence-corrected chi connectivity index (χ1v) is 9.36. The van der Waals surface area contributed by atoms with E-state index in [1.165, 1.54) is 0 Å². The van der Waals surface area contributed by atoms with Crippen molar-refractivity contribution in [3.8, 4) is 0 Å². The van der Waals surface area contributed by atoms with Gasteiger partial charge in [-0.1, -0.05) is 6.92 Å². The minimum Gasteiger partial charge on any atom is -0.382 e. The first kappa shape index (κ1) is 18.4. The number of likely N-dealkylation sites (tertiary alicyclic amines) is 1. The fraction of sp³-hybridized carbons (Fsp3) is 0.684. The molecular formula is C19H28F3N3. The average molecular weight is 355 g/mol. The third-order valence-corrected chi connectivity index (χ3v) is 5.60. The van der Waals surface area contributed by atoms with Gasteiger partial charge in [0, 0.05) is 43.6 Å². The molecule has 140 valence electrons. The summed E-state index contributed by atoms with van der Waals surface area (Å²) in [6, 6.07) is 8.67. The van der Waals surface area contributed by atoms with Gasteiger partial charge in [0.15, 0.2) is 0 Å². The lowest BCUT2D eigenvalue weighted by Crippen LogP contribution is -2.39. The van der Waals surface area contributed by atoms with Gasteiger partial charge in [0.25, 0.3) is 0 Å². The summed E-state index contributed by atoms with van der Waals surface area (Å²) in [5, 5.41) is 3.59. The molecule has 0 amide bonds. The quantitative estimate of drug-likeness (QED) is 0.866. The Bertz CT molecular complexity index is 528. The zero-order valence-electron chi connectivity index (χ0n) is 14.9. The molecule has 1 aromatic rings. The third kappa shape index (κ3) is 4.81. The van der Waals surface area contributed by atoms with Crippen LogP contribution in [0.5, 0.6) is 0 Å². The maximum atomic E-state index is 12.8. The minimum absolute atomic E-state index is 0.194. The highest BCUT2D eigenvalue weighted by molar-refractivity contribution is 5.55. The molecule has 25 heavy (non-hydrogen) atoms. The molecule has 0 aromatic heterocycles. The molecule has 2 saturated heterocycles. The van der Waals surface area contributed by atoms with Crippen molar-refractivity contribution < 1.29 is 13.2 Å². The topological polar surface area (TPSA) is 18.5 Å². The number of nitrogens with one attached hydrogen (secondary N) is 1. The molecule has 0 unspecified atom stereocenters. The zero-order chi connectivity index (χ0) is 17.9. The van der Waals surface area contributed by atoms with Crippen LogP contribution in [-0.2, 0) is 0 Å². The van der Waals surface area contributed by atoms with Crippen molar-refractivity contribution in [3.05, 3.63) is 24.3 Å². The summed E-state index contributed by atoms with van der Waals surface area (Å²) in [5.74, 6) is -1.14. The summed E-state index contributed by atoms with van der Waals surface area (Å²) < 4.78 is 38.3. The van der Waals surface area contributed by atoms with E-state index in [1.54, 1.807) is 0 Å². The molecule has 0 bridgehead atoms. The fourth-order valence-electron chi connectivity index (χ4n) is 3.86. The Hall–Kier alpha value is -1.43. The molecule has 0 saturated carbocycles. The van der Waals surface area contributed by atoms with E-state index in [0.717, 1.165) is 43.9 Å². The van der Waals surface area contributed by atoms with Crippen LogP contribution < -0.4 is 10.2 Å². The molecule has 1 N–H and O–H groups in total. The van der Waals surface area contributed by atoms with Crippen LogP contribution in [0.4, 0.5) is 24.5 Å². The lowest BCUT2D eigenvalue weighted by Gasteiger charge is -2.34. The number of hydrogen-bond donors (Lipinski definition) is 1. The van der Waals surface area contributed by atoms with Gasteiger partial charge in [0.2, 0.25) is 0 Å². The number of rotatable bonds is 4. The van der Waals surface area contributed by atoms with Crippen LogP contribution in [-0.4, -0.2) is 49.8 Å². The van der Waals surface area contributed by atoms with Gasteiger partial charge < -0.3 is 15.1 Å². The number of alkyl halides is 3. The predicted octanol–water partition coefficient (Wildman–Crippen LogP) is 4.36. The van der Waals surface area contributed by atoms with E-state index in [-0.39, 0.29) is 12.8 Å². The van der Waals surface area contributed by atoms with Crippen molar-refractivity contribution in [2.45, 2.75) is 44.8 Å². The Balaban J connectivity index is 1.50. The highest BCUT2D eigenvalue weighted by atomic mass is 19.4. The predicted molar refractivity (Wildman–Crippen MR) is 96.2 cm³/mol. The second-order valence-electron chi connectivity index (χ2n) is 7.20. The number of hydrogen-bond acceptors (Lipinski definition) is 3. The molecule has 2 aliphatic rings. The Kier molecular flexibility index (Phi) is 5.77. The van der Waals surface area contributed by atoms with Crippen molar-refractivity contribution in [1.29, 1.82) is 0 Å². The lowest BCUT2D eigenvalue weighted by molar-refractivity contribution is -0.179. The summed E-state index contributed by atoms with van der Waals surface area (Å²) in [6.45, 7) is 6.55. The number of benzene rings is 1. The van der Waals surface area contributed by atoms with E-state index >= 15 is 0 Å². The van der Waals surface area contributed by atoms with Gasteiger partial charge in [-0.25, -0.2) is 0 Å². The van der Waals surface area contributed by atoms with Crippen molar-refractivity contribution in [2.75, 3.05) is 42.9 Å². The molecule has 2 heterocycles. The molecule has 0 aliphatic carbocycles. The van der Waals surface area contributed by atoms with Crippen LogP contribution in [0.1, 0.15) is 32.6 Å². The van der Waals surface area contributed by atoms with Crippen LogP contribution in [0.15, 0.2) is 24.3 Å². The zero-order valence-corrected chi connectivity index (χ0v) is 14.9. The molecule has 3 nitrogen and oxygen atoms in total. The van der Waals surface area contributed by atoms with E-state index in [4.69, 9.17) is 0 Å². The largest absolute Gasteiger partial charge is 0.391 e. The fourth-order valence-corrected chi connectivity index (χ4v) is 3.86. The number of anilines is 2. The first-order chi connectivity index (χ1) is 12.0. The summed E-state index contributed by atoms with van der Waals surface area (Å²) in [4.78, 5) is 4.53. The average Bonchev–Trinajstić information content (AvgIpc) is 2.62. The van der Waals surface area contributed by atoms with Gasteiger partial charge in [-0.3, -0.25) is 0 Å². The molecule has 3 rings (SSSR count). The van der Waals surface area contributed by atoms with Gasteiger partial charge in [0.1, 0.15) is 0 Å². The Morgan fingerprint density at radius 1 is 0.960 bits per heavy atom. The molecule has 0 spiro atoms. The molecular weight excluding hydrogens is 327 g/mol. The maximum Gasteiger partial charge on any atom is 0.391 e. The Morgan fingerprint density at radius 3 is 2.08 bits per heavy atom. The van der Waals surface area contributed by atoms with Gasteiger partial charge >= 0.3 is 6.18 Å². The molecule has 0 atom stereocenters. The molecule has 2 aliphatic heterocycles. The van der Waals surface area contributed by atoms with Crippen molar-refractivity contribution in [2.24, 2.45) is 5.92 Å². The van der Waals surface area contributed by atoms with Crippen LogP contribution in [0.2, 0.25) is 0 Å². The standard InChI is InChI=1S/C19H28F3N3/c1-2-24-11-9-17(10-12-24)23-16-3-5-18(6-4-16)25-13-7-15(8-14-25)19(20,21)22/h3-6,15,17,23H,2,7-14H2,1H3. The summed E-state index contributed by atoms with van der Waals surface area (Å²) in [5.41, 5.74) is 2.12. The van der Waals surface area contributed by atoms with Gasteiger partial charge in [0.05, 0.1) is 5.92 Å². The second-order valence-corrected chi connectivity index (χ2v) is 7.20. The van der Waals surface area contributed by atoms with E-state index in [0.29, 0.717) is 19.1 Å². The third-order valence-electron chi connectivity index (χ3n) is 5.60. The summed E-state index contributed by atoms with van der Waals surface area (Å²) >= 11 is 0. The molecule has 0 radical (unpaired) electrons. The van der Waals surface area contributed by atoms with E-state index in [9.17, 15) is 13.2 Å². The van der Waals surface area contributed by atoms with E-state index in [1.807, 2.05) is 12.1 Å². The van der Waals surface area contributed by atoms with E-state index < -0.39 is 12.1 Å². The smallest absolute Gasteiger partial charge is 0.382 e. The van der Waals surface area contributed by atoms with Crippen LogP contribution in [0.3, 0.4) is 0 Å². The maximum absolute atomic E-state index is 12.8. The van der Waals surface area contributed by atoms with Crippen molar-refractivity contribution in [1.82, 2.24) is 4.90 Å². The van der Waals surface area contributed by atoms with Crippen molar-refractivity contribution >= 4 is 11.4 Å². The van der Waals surface area contributed by atoms with Crippen molar-refractivity contribution in [3.63, 3.8) is 0 Å². The van der Waals surface area contributed by atoms with Gasteiger partial charge in [-0.05, 0) is 56.5 Å². The highest BCUT2D eigenvalue weighted by Crippen LogP contribution is 2.35. The van der Waals surface area contributed by atoms with Crippen LogP contribution >= 0.6 is 0 Å². The second kappa shape index (κ2) is 7.85. The first-order valence-electron chi connectivity index (χ1n) is 9.36. The summed E-state index contributed by atoms with van der Waals surface area (Å²) in [6.07, 6.45) is -1.35. The minimum atomic E-state index is -4.05. The van der Waals surface area contributed by atoms with Crippen LogP contribution in [0, 0.1) is 5.92 Å². The van der Waals surface area contributed by atoms with Gasteiger partial charge in [-0.15, -0.1) is 0 Å². The number of nitrogens with zero attached hydrogens (tertiary/aromatic N) is 2. The monoisotopic (exact) mass is 355 g/mol. The summed E-state index contributed by atoms with van der Waals surface area (Å²) in [7, 11) is 0. The number of piperidine rings is 2. The molecule has 1 aromatic carbocycles. The SMILES string of the molecule is CCN1CCC(Nc2ccc(N3CCC(C(F)(F)F)CC3)cc2)CC1. The lowest BCUT2D eigenvalue weighted by atomic mass is 9.96. The highest BCUT2D eigenvalue weighted by Gasteiger charge is 2.41. The Labute approximate surface area is 148 Å². The normalized spacial score (nSPS) is 21.5. The van der Waals surface area contributed by atoms with Gasteiger partial charge in [-0.2, -0.15) is 13.2 Å². The molecule has 2 fully saturated rings. The van der Waals surface area contributed by atoms with E-state index in [2.05, 4.69) is 34.2 Å².